The Morgan fingerprint density at radius 1 is 1.18 bits per heavy atom. The van der Waals surface area contributed by atoms with E-state index in [1.807, 2.05) is 18.2 Å². The summed E-state index contributed by atoms with van der Waals surface area (Å²) in [5, 5.41) is 0. The molecule has 0 amide bonds. The molecule has 1 nitrogen and oxygen atoms in total. The smallest absolute Gasteiger partial charge is 0.139 e. The van der Waals surface area contributed by atoms with Crippen LogP contribution in [-0.2, 0) is 0 Å². The fourth-order valence-electron chi connectivity index (χ4n) is 2.14. The maximum absolute atomic E-state index is 3.30. The number of piperidine rings is 1. The van der Waals surface area contributed by atoms with Crippen molar-refractivity contribution in [2.75, 3.05) is 19.6 Å². The Kier molecular flexibility index (Phi) is 6.11. The number of hydrogen-bond acceptors (Lipinski definition) is 0. The molecule has 0 saturated carbocycles. The molecular formula is C15H20ClN. The minimum Gasteiger partial charge on any atom is -1.00 e. The second-order valence-corrected chi connectivity index (χ2v) is 4.78. The molecule has 1 N–H and O–H groups in total. The molecule has 0 bridgehead atoms. The van der Waals surface area contributed by atoms with Crippen LogP contribution in [0.3, 0.4) is 0 Å². The van der Waals surface area contributed by atoms with Gasteiger partial charge in [0.1, 0.15) is 6.54 Å². The van der Waals surface area contributed by atoms with E-state index in [9.17, 15) is 0 Å². The molecule has 1 aliphatic rings. The van der Waals surface area contributed by atoms with Crippen molar-refractivity contribution in [3.63, 3.8) is 0 Å². The van der Waals surface area contributed by atoms with Gasteiger partial charge in [0.15, 0.2) is 0 Å². The van der Waals surface area contributed by atoms with Crippen LogP contribution in [0.1, 0.15) is 25.3 Å². The second kappa shape index (κ2) is 7.37. The van der Waals surface area contributed by atoms with Gasteiger partial charge < -0.3 is 17.3 Å². The van der Waals surface area contributed by atoms with E-state index >= 15 is 0 Å². The highest BCUT2D eigenvalue weighted by molar-refractivity contribution is 5.33. The molecule has 1 fully saturated rings. The number of rotatable bonds is 1. The van der Waals surface area contributed by atoms with Crippen LogP contribution in [0.25, 0.3) is 0 Å². The fraction of sp³-hybridized carbons (Fsp3) is 0.467. The van der Waals surface area contributed by atoms with Crippen LogP contribution in [0.15, 0.2) is 30.3 Å². The highest BCUT2D eigenvalue weighted by Crippen LogP contribution is 2.06. The molecule has 1 aromatic rings. The Morgan fingerprint density at radius 2 is 1.82 bits per heavy atom. The maximum atomic E-state index is 3.30. The Bertz CT molecular complexity index is 369. The van der Waals surface area contributed by atoms with Crippen LogP contribution in [-0.4, -0.2) is 19.6 Å². The van der Waals surface area contributed by atoms with Gasteiger partial charge in [-0.3, -0.25) is 0 Å². The quantitative estimate of drug-likeness (QED) is 0.570. The molecule has 1 heterocycles. The maximum Gasteiger partial charge on any atom is 0.139 e. The number of halogens is 1. The van der Waals surface area contributed by atoms with Crippen molar-refractivity contribution >= 4 is 0 Å². The van der Waals surface area contributed by atoms with Crippen LogP contribution < -0.4 is 17.3 Å². The molecule has 0 unspecified atom stereocenters. The van der Waals surface area contributed by atoms with Gasteiger partial charge >= 0.3 is 0 Å². The van der Waals surface area contributed by atoms with Gasteiger partial charge in [0.05, 0.1) is 13.1 Å². The van der Waals surface area contributed by atoms with Crippen LogP contribution in [0.2, 0.25) is 0 Å². The molecule has 2 rings (SSSR count). The number of quaternary nitrogens is 1. The van der Waals surface area contributed by atoms with Gasteiger partial charge in [0, 0.05) is 5.56 Å². The minimum atomic E-state index is 0. The Balaban J connectivity index is 0.00000144. The summed E-state index contributed by atoms with van der Waals surface area (Å²) in [6, 6.07) is 10.3. The van der Waals surface area contributed by atoms with Crippen LogP contribution >= 0.6 is 0 Å². The normalized spacial score (nSPS) is 23.1. The number of benzene rings is 1. The van der Waals surface area contributed by atoms with E-state index in [1.165, 1.54) is 25.9 Å². The van der Waals surface area contributed by atoms with Crippen molar-refractivity contribution in [2.24, 2.45) is 5.92 Å². The van der Waals surface area contributed by atoms with Crippen molar-refractivity contribution in [1.29, 1.82) is 0 Å². The van der Waals surface area contributed by atoms with Gasteiger partial charge in [-0.2, -0.15) is 0 Å². The highest BCUT2D eigenvalue weighted by Gasteiger charge is 2.17. The lowest BCUT2D eigenvalue weighted by Gasteiger charge is -2.25. The summed E-state index contributed by atoms with van der Waals surface area (Å²) in [6.45, 7) is 5.95. The molecule has 1 aromatic carbocycles. The second-order valence-electron chi connectivity index (χ2n) is 4.78. The third-order valence-electron chi connectivity index (χ3n) is 3.33. The summed E-state index contributed by atoms with van der Waals surface area (Å²) in [6.07, 6.45) is 2.73. The largest absolute Gasteiger partial charge is 1.00 e. The van der Waals surface area contributed by atoms with Crippen molar-refractivity contribution in [3.05, 3.63) is 35.9 Å². The molecule has 92 valence electrons. The summed E-state index contributed by atoms with van der Waals surface area (Å²) in [7, 11) is 0. The lowest BCUT2D eigenvalue weighted by atomic mass is 9.99. The third-order valence-corrected chi connectivity index (χ3v) is 3.33. The van der Waals surface area contributed by atoms with E-state index in [1.54, 1.807) is 4.90 Å². The van der Waals surface area contributed by atoms with E-state index in [2.05, 4.69) is 30.9 Å². The SMILES string of the molecule is CC1CC[NH+](CC#Cc2ccccc2)CC1.[Cl-]. The monoisotopic (exact) mass is 249 g/mol. The molecule has 1 aliphatic heterocycles. The molecular weight excluding hydrogens is 230 g/mol. The lowest BCUT2D eigenvalue weighted by molar-refractivity contribution is -0.898. The molecule has 0 spiro atoms. The molecule has 0 atom stereocenters. The van der Waals surface area contributed by atoms with Gasteiger partial charge in [0.2, 0.25) is 0 Å². The van der Waals surface area contributed by atoms with Crippen LogP contribution in [0.5, 0.6) is 0 Å². The Morgan fingerprint density at radius 3 is 2.47 bits per heavy atom. The third kappa shape index (κ3) is 4.81. The summed E-state index contributed by atoms with van der Waals surface area (Å²) in [5.74, 6) is 7.45. The first kappa shape index (κ1) is 14.1. The topological polar surface area (TPSA) is 4.44 Å². The van der Waals surface area contributed by atoms with Gasteiger partial charge in [-0.25, -0.2) is 0 Å². The number of nitrogens with one attached hydrogen (secondary N) is 1. The van der Waals surface area contributed by atoms with Gasteiger partial charge in [0.25, 0.3) is 0 Å². The van der Waals surface area contributed by atoms with Gasteiger partial charge in [-0.1, -0.05) is 31.0 Å². The number of hydrogen-bond donors (Lipinski definition) is 1. The van der Waals surface area contributed by atoms with Crippen molar-refractivity contribution in [1.82, 2.24) is 0 Å². The molecule has 0 radical (unpaired) electrons. The summed E-state index contributed by atoms with van der Waals surface area (Å²) in [4.78, 5) is 1.65. The predicted molar refractivity (Wildman–Crippen MR) is 67.3 cm³/mol. The predicted octanol–water partition coefficient (Wildman–Crippen LogP) is -1.64. The highest BCUT2D eigenvalue weighted by atomic mass is 35.5. The lowest BCUT2D eigenvalue weighted by Crippen LogP contribution is -3.13. The number of likely N-dealkylation sites (tertiary alicyclic amines) is 1. The van der Waals surface area contributed by atoms with E-state index in [0.717, 1.165) is 18.0 Å². The van der Waals surface area contributed by atoms with Crippen LogP contribution in [0.4, 0.5) is 0 Å². The van der Waals surface area contributed by atoms with Crippen molar-refractivity contribution < 1.29 is 17.3 Å². The first-order chi connectivity index (χ1) is 7.84. The van der Waals surface area contributed by atoms with E-state index in [0.29, 0.717) is 0 Å². The van der Waals surface area contributed by atoms with Gasteiger partial charge in [-0.15, -0.1) is 0 Å². The average Bonchev–Trinajstić information content (AvgIpc) is 2.33. The first-order valence-electron chi connectivity index (χ1n) is 6.22. The molecule has 0 aliphatic carbocycles. The van der Waals surface area contributed by atoms with Gasteiger partial charge in [-0.05, 0) is 36.8 Å². The molecule has 17 heavy (non-hydrogen) atoms. The molecule has 2 heteroatoms. The summed E-state index contributed by atoms with van der Waals surface area (Å²) >= 11 is 0. The fourth-order valence-corrected chi connectivity index (χ4v) is 2.14. The zero-order valence-corrected chi connectivity index (χ0v) is 11.1. The Hall–Kier alpha value is -0.970. The molecule has 1 saturated heterocycles. The van der Waals surface area contributed by atoms with E-state index in [4.69, 9.17) is 0 Å². The van der Waals surface area contributed by atoms with Crippen molar-refractivity contribution in [3.8, 4) is 11.8 Å². The zero-order valence-electron chi connectivity index (χ0n) is 10.4. The van der Waals surface area contributed by atoms with E-state index in [-0.39, 0.29) is 12.4 Å². The van der Waals surface area contributed by atoms with E-state index < -0.39 is 0 Å². The molecule has 0 aromatic heterocycles. The van der Waals surface area contributed by atoms with Crippen molar-refractivity contribution in [2.45, 2.75) is 19.8 Å². The standard InChI is InChI=1S/C15H19N.ClH/c1-14-9-12-16(13-10-14)11-5-8-15-6-3-2-4-7-15;/h2-4,6-7,14H,9-13H2,1H3;1H. The minimum absolute atomic E-state index is 0. The average molecular weight is 250 g/mol. The Labute approximate surface area is 111 Å². The van der Waals surface area contributed by atoms with Crippen LogP contribution in [0, 0.1) is 17.8 Å². The summed E-state index contributed by atoms with van der Waals surface area (Å²) < 4.78 is 0. The zero-order chi connectivity index (χ0) is 11.2. The summed E-state index contributed by atoms with van der Waals surface area (Å²) in [5.41, 5.74) is 1.13. The first-order valence-corrected chi connectivity index (χ1v) is 6.22.